The van der Waals surface area contributed by atoms with Crippen LogP contribution in [-0.2, 0) is 16.1 Å². The Kier molecular flexibility index (Phi) is 3.80. The number of aliphatic carboxylic acids is 2. The number of carboxylic acids is 2. The minimum atomic E-state index is -1.02. The zero-order valence-corrected chi connectivity index (χ0v) is 10.1. The van der Waals surface area contributed by atoms with E-state index in [0.717, 1.165) is 5.56 Å². The van der Waals surface area contributed by atoms with Gasteiger partial charge in [0.05, 0.1) is 5.92 Å². The molecule has 2 unspecified atom stereocenters. The Balaban J connectivity index is 2.10. The molecule has 19 heavy (non-hydrogen) atoms. The first-order chi connectivity index (χ1) is 8.97. The van der Waals surface area contributed by atoms with Gasteiger partial charge in [0.1, 0.15) is 11.9 Å². The van der Waals surface area contributed by atoms with Crippen molar-refractivity contribution in [3.05, 3.63) is 35.6 Å². The molecule has 1 fully saturated rings. The van der Waals surface area contributed by atoms with Crippen molar-refractivity contribution in [3.63, 3.8) is 0 Å². The smallest absolute Gasteiger partial charge is 0.320 e. The van der Waals surface area contributed by atoms with E-state index >= 15 is 0 Å². The van der Waals surface area contributed by atoms with Crippen molar-refractivity contribution >= 4 is 11.9 Å². The molecule has 0 aromatic heterocycles. The number of hydrogen-bond donors (Lipinski definition) is 2. The highest BCUT2D eigenvalue weighted by Gasteiger charge is 2.39. The summed E-state index contributed by atoms with van der Waals surface area (Å²) in [6.07, 6.45) is 0.103. The van der Waals surface area contributed by atoms with Gasteiger partial charge in [-0.2, -0.15) is 0 Å². The Morgan fingerprint density at radius 3 is 2.37 bits per heavy atom. The summed E-state index contributed by atoms with van der Waals surface area (Å²) in [6, 6.07) is 4.95. The van der Waals surface area contributed by atoms with Crippen molar-refractivity contribution in [2.24, 2.45) is 5.92 Å². The monoisotopic (exact) mass is 267 g/mol. The molecular formula is C13H14FNO4. The van der Waals surface area contributed by atoms with Gasteiger partial charge in [-0.1, -0.05) is 12.1 Å². The average Bonchev–Trinajstić information content (AvgIpc) is 2.76. The lowest BCUT2D eigenvalue weighted by molar-refractivity contribution is -0.142. The zero-order valence-electron chi connectivity index (χ0n) is 10.1. The van der Waals surface area contributed by atoms with Crippen LogP contribution >= 0.6 is 0 Å². The third kappa shape index (κ3) is 3.08. The Morgan fingerprint density at radius 1 is 1.21 bits per heavy atom. The van der Waals surface area contributed by atoms with E-state index in [1.807, 2.05) is 0 Å². The predicted octanol–water partition coefficient (Wildman–Crippen LogP) is 1.19. The maximum Gasteiger partial charge on any atom is 0.320 e. The van der Waals surface area contributed by atoms with Gasteiger partial charge in [-0.05, 0) is 24.1 Å². The lowest BCUT2D eigenvalue weighted by atomic mass is 10.1. The minimum absolute atomic E-state index is 0.103. The van der Waals surface area contributed by atoms with Crippen LogP contribution < -0.4 is 0 Å². The molecule has 0 aliphatic carbocycles. The number of halogens is 1. The molecule has 2 atom stereocenters. The van der Waals surface area contributed by atoms with Crippen LogP contribution in [0.2, 0.25) is 0 Å². The first kappa shape index (κ1) is 13.5. The van der Waals surface area contributed by atoms with E-state index in [-0.39, 0.29) is 18.8 Å². The summed E-state index contributed by atoms with van der Waals surface area (Å²) in [7, 11) is 0. The Morgan fingerprint density at radius 2 is 1.84 bits per heavy atom. The third-order valence-electron chi connectivity index (χ3n) is 3.34. The summed E-state index contributed by atoms with van der Waals surface area (Å²) in [4.78, 5) is 23.7. The quantitative estimate of drug-likeness (QED) is 0.856. The van der Waals surface area contributed by atoms with E-state index in [1.165, 1.54) is 12.1 Å². The molecule has 1 aliphatic rings. The maximum atomic E-state index is 12.8. The molecule has 2 N–H and O–H groups in total. The average molecular weight is 267 g/mol. The summed E-state index contributed by atoms with van der Waals surface area (Å²) >= 11 is 0. The molecule has 5 nitrogen and oxygen atoms in total. The number of rotatable bonds is 4. The van der Waals surface area contributed by atoms with Crippen molar-refractivity contribution in [1.82, 2.24) is 4.90 Å². The normalized spacial score (nSPS) is 23.4. The van der Waals surface area contributed by atoms with E-state index < -0.39 is 23.9 Å². The molecular weight excluding hydrogens is 253 g/mol. The molecule has 1 heterocycles. The molecule has 0 saturated carbocycles. The van der Waals surface area contributed by atoms with Crippen LogP contribution in [0.3, 0.4) is 0 Å². The van der Waals surface area contributed by atoms with Gasteiger partial charge < -0.3 is 10.2 Å². The summed E-state index contributed by atoms with van der Waals surface area (Å²) in [5.41, 5.74) is 0.763. The highest BCUT2D eigenvalue weighted by atomic mass is 19.1. The van der Waals surface area contributed by atoms with Crippen molar-refractivity contribution in [1.29, 1.82) is 0 Å². The molecule has 1 aromatic carbocycles. The molecule has 0 radical (unpaired) electrons. The van der Waals surface area contributed by atoms with E-state index in [0.29, 0.717) is 6.54 Å². The van der Waals surface area contributed by atoms with Crippen molar-refractivity contribution in [2.45, 2.75) is 19.0 Å². The van der Waals surface area contributed by atoms with E-state index in [1.54, 1.807) is 17.0 Å². The van der Waals surface area contributed by atoms with E-state index in [2.05, 4.69) is 0 Å². The largest absolute Gasteiger partial charge is 0.481 e. The van der Waals surface area contributed by atoms with Crippen molar-refractivity contribution in [2.75, 3.05) is 6.54 Å². The van der Waals surface area contributed by atoms with Crippen molar-refractivity contribution in [3.8, 4) is 0 Å². The summed E-state index contributed by atoms with van der Waals surface area (Å²) < 4.78 is 12.8. The van der Waals surface area contributed by atoms with Crippen LogP contribution in [0.4, 0.5) is 4.39 Å². The van der Waals surface area contributed by atoms with E-state index in [9.17, 15) is 14.0 Å². The van der Waals surface area contributed by atoms with Gasteiger partial charge in [-0.15, -0.1) is 0 Å². The molecule has 1 aromatic rings. The van der Waals surface area contributed by atoms with Crippen LogP contribution in [0.15, 0.2) is 24.3 Å². The first-order valence-electron chi connectivity index (χ1n) is 5.91. The lowest BCUT2D eigenvalue weighted by Crippen LogP contribution is -2.35. The van der Waals surface area contributed by atoms with Gasteiger partial charge >= 0.3 is 11.9 Å². The standard InChI is InChI=1S/C13H14FNO4/c14-10-3-1-8(2-4-10)6-15-7-9(12(16)17)5-11(15)13(18)19/h1-4,9,11H,5-7H2,(H,16,17)(H,18,19). The highest BCUT2D eigenvalue weighted by molar-refractivity contribution is 5.77. The van der Waals surface area contributed by atoms with Crippen LogP contribution in [0.5, 0.6) is 0 Å². The second kappa shape index (κ2) is 5.36. The van der Waals surface area contributed by atoms with Gasteiger partial charge in [-0.25, -0.2) is 4.39 Å². The Hall–Kier alpha value is -1.95. The fourth-order valence-electron chi connectivity index (χ4n) is 2.34. The first-order valence-corrected chi connectivity index (χ1v) is 5.91. The van der Waals surface area contributed by atoms with Crippen LogP contribution in [0.1, 0.15) is 12.0 Å². The molecule has 6 heteroatoms. The van der Waals surface area contributed by atoms with Gasteiger partial charge in [0.15, 0.2) is 0 Å². The van der Waals surface area contributed by atoms with Crippen LogP contribution in [0.25, 0.3) is 0 Å². The molecule has 1 aliphatic heterocycles. The number of carbonyl (C=O) groups is 2. The topological polar surface area (TPSA) is 77.8 Å². The molecule has 102 valence electrons. The second-order valence-electron chi connectivity index (χ2n) is 4.68. The minimum Gasteiger partial charge on any atom is -0.481 e. The highest BCUT2D eigenvalue weighted by Crippen LogP contribution is 2.25. The van der Waals surface area contributed by atoms with Crippen molar-refractivity contribution < 1.29 is 24.2 Å². The fourth-order valence-corrected chi connectivity index (χ4v) is 2.34. The Bertz CT molecular complexity index is 488. The number of likely N-dealkylation sites (tertiary alicyclic amines) is 1. The molecule has 0 bridgehead atoms. The van der Waals surface area contributed by atoms with Gasteiger partial charge in [0, 0.05) is 13.1 Å². The van der Waals surface area contributed by atoms with Crippen LogP contribution in [0, 0.1) is 11.7 Å². The number of hydrogen-bond acceptors (Lipinski definition) is 3. The molecule has 0 spiro atoms. The molecule has 2 rings (SSSR count). The summed E-state index contributed by atoms with van der Waals surface area (Å²) in [5, 5.41) is 18.1. The second-order valence-corrected chi connectivity index (χ2v) is 4.68. The maximum absolute atomic E-state index is 12.8. The summed E-state index contributed by atoms with van der Waals surface area (Å²) in [5.74, 6) is -3.02. The Labute approximate surface area is 109 Å². The van der Waals surface area contributed by atoms with E-state index in [4.69, 9.17) is 10.2 Å². The number of benzene rings is 1. The van der Waals surface area contributed by atoms with Gasteiger partial charge in [-0.3, -0.25) is 14.5 Å². The summed E-state index contributed by atoms with van der Waals surface area (Å²) in [6.45, 7) is 0.505. The lowest BCUT2D eigenvalue weighted by Gasteiger charge is -2.20. The van der Waals surface area contributed by atoms with Gasteiger partial charge in [0.25, 0.3) is 0 Å². The predicted molar refractivity (Wildman–Crippen MR) is 64.0 cm³/mol. The third-order valence-corrected chi connectivity index (χ3v) is 3.34. The SMILES string of the molecule is O=C(O)C1CC(C(=O)O)N(Cc2ccc(F)cc2)C1. The van der Waals surface area contributed by atoms with Crippen LogP contribution in [-0.4, -0.2) is 39.6 Å². The van der Waals surface area contributed by atoms with Gasteiger partial charge in [0.2, 0.25) is 0 Å². The molecule has 0 amide bonds. The molecule has 1 saturated heterocycles. The number of carboxylic acid groups (broad SMARTS) is 2. The fraction of sp³-hybridized carbons (Fsp3) is 0.385. The number of nitrogens with zero attached hydrogens (tertiary/aromatic N) is 1. The zero-order chi connectivity index (χ0) is 14.0.